The van der Waals surface area contributed by atoms with Gasteiger partial charge in [-0.15, -0.1) is 0 Å². The van der Waals surface area contributed by atoms with Gasteiger partial charge in [-0.1, -0.05) is 6.58 Å². The number of nitrogens with one attached hydrogen (secondary N) is 2. The van der Waals surface area contributed by atoms with Crippen molar-refractivity contribution in [1.82, 2.24) is 10.6 Å². The number of hydrogen-bond acceptors (Lipinski definition) is 9. The van der Waals surface area contributed by atoms with Crippen molar-refractivity contribution in [2.24, 2.45) is 0 Å². The number of carbonyl (C=O) groups excluding carboxylic acids is 4. The van der Waals surface area contributed by atoms with Crippen LogP contribution in [0.15, 0.2) is 35.4 Å². The summed E-state index contributed by atoms with van der Waals surface area (Å²) < 4.78 is 20.1. The van der Waals surface area contributed by atoms with Gasteiger partial charge in [0.25, 0.3) is 5.91 Å². The molecule has 2 aliphatic heterocycles. The molecule has 2 aliphatic rings. The molecule has 0 unspecified atom stereocenters. The lowest BCUT2D eigenvalue weighted by Crippen LogP contribution is -2.48. The number of dihydropyridines is 1. The summed E-state index contributed by atoms with van der Waals surface area (Å²) in [6.07, 6.45) is 1.50. The number of esters is 3. The van der Waals surface area contributed by atoms with Crippen LogP contribution in [-0.4, -0.2) is 56.7 Å². The van der Waals surface area contributed by atoms with Gasteiger partial charge >= 0.3 is 17.9 Å². The summed E-state index contributed by atoms with van der Waals surface area (Å²) in [6, 6.07) is -1.24. The Labute approximate surface area is 155 Å². The molecule has 0 bridgehead atoms. The van der Waals surface area contributed by atoms with Crippen LogP contribution in [0.25, 0.3) is 0 Å². The average molecular weight is 380 g/mol. The smallest absolute Gasteiger partial charge is 0.332 e. The molecule has 10 heteroatoms. The zero-order chi connectivity index (χ0) is 20.0. The number of amides is 1. The van der Waals surface area contributed by atoms with Crippen molar-refractivity contribution in [3.05, 3.63) is 35.4 Å². The molecule has 0 aromatic rings. The normalized spacial score (nSPS) is 20.7. The fraction of sp³-hybridized carbons (Fsp3) is 0.412. The number of hydrogen-bond donors (Lipinski definition) is 2. The molecule has 27 heavy (non-hydrogen) atoms. The molecule has 0 aromatic carbocycles. The van der Waals surface area contributed by atoms with Crippen molar-refractivity contribution in [2.75, 3.05) is 26.9 Å². The monoisotopic (exact) mass is 380 g/mol. The predicted octanol–water partition coefficient (Wildman–Crippen LogP) is -0.574. The number of carbonyl (C=O) groups is 4. The Morgan fingerprint density at radius 1 is 1.33 bits per heavy atom. The fourth-order valence-electron chi connectivity index (χ4n) is 2.30. The lowest BCUT2D eigenvalue weighted by Gasteiger charge is -2.22. The lowest BCUT2D eigenvalue weighted by atomic mass is 10.2. The van der Waals surface area contributed by atoms with E-state index < -0.39 is 36.5 Å². The van der Waals surface area contributed by atoms with Crippen molar-refractivity contribution in [2.45, 2.75) is 19.4 Å². The SMILES string of the molecule is C=C1COC(=O)[C@@H](NC(=O)C2=C(OC(C)=O)C(OC)=CCN2)COC(=O)C1. The predicted molar refractivity (Wildman–Crippen MR) is 89.5 cm³/mol. The highest BCUT2D eigenvalue weighted by Gasteiger charge is 2.31. The number of rotatable bonds is 4. The van der Waals surface area contributed by atoms with E-state index in [2.05, 4.69) is 17.2 Å². The molecular weight excluding hydrogens is 360 g/mol. The van der Waals surface area contributed by atoms with Crippen molar-refractivity contribution in [1.29, 1.82) is 0 Å². The molecule has 0 radical (unpaired) electrons. The zero-order valence-corrected chi connectivity index (χ0v) is 15.0. The van der Waals surface area contributed by atoms with Gasteiger partial charge in [0.05, 0.1) is 13.5 Å². The zero-order valence-electron chi connectivity index (χ0n) is 15.0. The van der Waals surface area contributed by atoms with E-state index in [0.717, 1.165) is 0 Å². The van der Waals surface area contributed by atoms with Crippen molar-refractivity contribution < 1.29 is 38.1 Å². The summed E-state index contributed by atoms with van der Waals surface area (Å²) in [5.74, 6) is -2.71. The van der Waals surface area contributed by atoms with Crippen LogP contribution in [0.2, 0.25) is 0 Å². The topological polar surface area (TPSA) is 129 Å². The highest BCUT2D eigenvalue weighted by Crippen LogP contribution is 2.20. The van der Waals surface area contributed by atoms with E-state index in [1.54, 1.807) is 6.08 Å². The van der Waals surface area contributed by atoms with Crippen LogP contribution >= 0.6 is 0 Å². The summed E-state index contributed by atoms with van der Waals surface area (Å²) in [7, 11) is 1.36. The summed E-state index contributed by atoms with van der Waals surface area (Å²) in [4.78, 5) is 47.7. The van der Waals surface area contributed by atoms with E-state index >= 15 is 0 Å². The van der Waals surface area contributed by atoms with E-state index in [9.17, 15) is 19.2 Å². The first-order valence-electron chi connectivity index (χ1n) is 8.02. The Morgan fingerprint density at radius 2 is 2.07 bits per heavy atom. The van der Waals surface area contributed by atoms with Gasteiger partial charge in [0, 0.05) is 13.5 Å². The highest BCUT2D eigenvalue weighted by atomic mass is 16.6. The molecule has 0 spiro atoms. The van der Waals surface area contributed by atoms with Gasteiger partial charge in [-0.3, -0.25) is 14.4 Å². The Hall–Kier alpha value is -3.30. The molecule has 2 heterocycles. The largest absolute Gasteiger partial charge is 0.493 e. The van der Waals surface area contributed by atoms with Crippen LogP contribution < -0.4 is 10.6 Å². The van der Waals surface area contributed by atoms with Crippen molar-refractivity contribution >= 4 is 23.8 Å². The Bertz CT molecular complexity index is 737. The maximum atomic E-state index is 12.6. The van der Waals surface area contributed by atoms with Crippen LogP contribution in [0.4, 0.5) is 0 Å². The average Bonchev–Trinajstić information content (AvgIpc) is 2.67. The first kappa shape index (κ1) is 20.0. The molecule has 0 aromatic heterocycles. The third kappa shape index (κ3) is 5.33. The van der Waals surface area contributed by atoms with Gasteiger partial charge in [0.1, 0.15) is 18.9 Å². The molecule has 10 nitrogen and oxygen atoms in total. The minimum absolute atomic E-state index is 0.0841. The highest BCUT2D eigenvalue weighted by molar-refractivity contribution is 5.97. The first-order valence-corrected chi connectivity index (χ1v) is 8.02. The summed E-state index contributed by atoms with van der Waals surface area (Å²) in [5, 5.41) is 5.16. The molecule has 0 saturated carbocycles. The molecule has 2 N–H and O–H groups in total. The van der Waals surface area contributed by atoms with Crippen molar-refractivity contribution in [3.63, 3.8) is 0 Å². The fourth-order valence-corrected chi connectivity index (χ4v) is 2.30. The number of methoxy groups -OCH3 is 1. The lowest BCUT2D eigenvalue weighted by molar-refractivity contribution is -0.151. The van der Waals surface area contributed by atoms with Gasteiger partial charge in [-0.05, 0) is 11.6 Å². The molecule has 1 saturated heterocycles. The second-order valence-corrected chi connectivity index (χ2v) is 5.69. The maximum absolute atomic E-state index is 12.6. The van der Waals surface area contributed by atoms with Crippen LogP contribution in [-0.2, 0) is 38.1 Å². The molecule has 146 valence electrons. The number of ether oxygens (including phenoxy) is 4. The van der Waals surface area contributed by atoms with Gasteiger partial charge in [0.2, 0.25) is 5.76 Å². The van der Waals surface area contributed by atoms with E-state index in [0.29, 0.717) is 5.57 Å². The van der Waals surface area contributed by atoms with Gasteiger partial charge in [-0.25, -0.2) is 4.79 Å². The first-order chi connectivity index (χ1) is 12.8. The van der Waals surface area contributed by atoms with Crippen LogP contribution in [0, 0.1) is 0 Å². The Balaban J connectivity index is 2.21. The second-order valence-electron chi connectivity index (χ2n) is 5.69. The summed E-state index contributed by atoms with van der Waals surface area (Å²) in [5.41, 5.74) is 0.275. The van der Waals surface area contributed by atoms with E-state index in [-0.39, 0.29) is 36.8 Å². The van der Waals surface area contributed by atoms with Crippen molar-refractivity contribution in [3.8, 4) is 0 Å². The van der Waals surface area contributed by atoms with Crippen LogP contribution in [0.5, 0.6) is 0 Å². The molecule has 0 aliphatic carbocycles. The molecular formula is C17H20N2O8. The molecule has 1 atom stereocenters. The third-order valence-electron chi connectivity index (χ3n) is 3.52. The standard InChI is InChI=1S/C17H20N2O8/c1-9-6-13(21)25-8-11(17(23)26-7-9)19-16(22)14-15(27-10(2)20)12(24-3)4-5-18-14/h4,11,18H,1,5-8H2,2-3H3,(H,19,22)/t11-/m0/s1. The van der Waals surface area contributed by atoms with Gasteiger partial charge in [0.15, 0.2) is 11.8 Å². The molecule has 2 rings (SSSR count). The second kappa shape index (κ2) is 8.88. The minimum atomic E-state index is -1.24. The van der Waals surface area contributed by atoms with Gasteiger partial charge in [-0.2, -0.15) is 0 Å². The van der Waals surface area contributed by atoms with Gasteiger partial charge < -0.3 is 29.6 Å². The molecule has 1 fully saturated rings. The minimum Gasteiger partial charge on any atom is -0.493 e. The quantitative estimate of drug-likeness (QED) is 0.374. The summed E-state index contributed by atoms with van der Waals surface area (Å²) in [6.45, 7) is 4.46. The Kier molecular flexibility index (Phi) is 6.58. The van der Waals surface area contributed by atoms with Crippen LogP contribution in [0.3, 0.4) is 0 Å². The van der Waals surface area contributed by atoms with E-state index in [4.69, 9.17) is 18.9 Å². The van der Waals surface area contributed by atoms with E-state index in [1.807, 2.05) is 0 Å². The summed E-state index contributed by atoms with van der Waals surface area (Å²) >= 11 is 0. The van der Waals surface area contributed by atoms with E-state index in [1.165, 1.54) is 14.0 Å². The molecule has 1 amide bonds. The third-order valence-corrected chi connectivity index (χ3v) is 3.52. The Morgan fingerprint density at radius 3 is 2.74 bits per heavy atom. The van der Waals surface area contributed by atoms with Crippen LogP contribution in [0.1, 0.15) is 13.3 Å². The number of cyclic esters (lactones) is 2. The maximum Gasteiger partial charge on any atom is 0.332 e.